The van der Waals surface area contributed by atoms with Crippen LogP contribution in [0.1, 0.15) is 35.7 Å². The van der Waals surface area contributed by atoms with E-state index in [9.17, 15) is 4.79 Å². The van der Waals surface area contributed by atoms with Crippen LogP contribution in [0.3, 0.4) is 0 Å². The first-order valence-electron chi connectivity index (χ1n) is 11.8. The standard InChI is InChI=1S/C28H29N3O3/c1-2-34-24-13-9-22(10-14-24)28(15-17-33-18-16-28)19-29-27(32)21-7-11-23(12-8-21)31-20-30-25-5-3-4-6-26(25)31/h3-14,20H,2,15-19H2,1H3,(H,29,32). The molecular formula is C28H29N3O3. The SMILES string of the molecule is CCOc1ccc(C2(CNC(=O)c3ccc(-n4cnc5ccccc54)cc3)CCOCC2)cc1. The van der Waals surface area contributed by atoms with Gasteiger partial charge in [0.05, 0.1) is 17.6 Å². The lowest BCUT2D eigenvalue weighted by Gasteiger charge is -2.38. The highest BCUT2D eigenvalue weighted by Gasteiger charge is 2.35. The number of hydrogen-bond acceptors (Lipinski definition) is 4. The summed E-state index contributed by atoms with van der Waals surface area (Å²) in [5.74, 6) is 0.794. The molecular weight excluding hydrogens is 426 g/mol. The second-order valence-corrected chi connectivity index (χ2v) is 8.68. The predicted octanol–water partition coefficient (Wildman–Crippen LogP) is 4.90. The monoisotopic (exact) mass is 455 g/mol. The van der Waals surface area contributed by atoms with Crippen LogP contribution in [0, 0.1) is 0 Å². The number of fused-ring (bicyclic) bond motifs is 1. The van der Waals surface area contributed by atoms with E-state index in [1.165, 1.54) is 5.56 Å². The molecule has 0 unspecified atom stereocenters. The zero-order valence-corrected chi connectivity index (χ0v) is 19.4. The maximum atomic E-state index is 13.0. The third-order valence-electron chi connectivity index (χ3n) is 6.68. The molecule has 6 nitrogen and oxygen atoms in total. The number of para-hydroxylation sites is 2. The second-order valence-electron chi connectivity index (χ2n) is 8.68. The van der Waals surface area contributed by atoms with Gasteiger partial charge in [-0.05, 0) is 73.9 Å². The van der Waals surface area contributed by atoms with Crippen LogP contribution in [0.25, 0.3) is 16.7 Å². The number of hydrogen-bond donors (Lipinski definition) is 1. The van der Waals surface area contributed by atoms with Crippen LogP contribution in [0.2, 0.25) is 0 Å². The Morgan fingerprint density at radius 3 is 2.50 bits per heavy atom. The Morgan fingerprint density at radius 2 is 1.76 bits per heavy atom. The van der Waals surface area contributed by atoms with E-state index in [0.717, 1.165) is 35.3 Å². The summed E-state index contributed by atoms with van der Waals surface area (Å²) in [5, 5.41) is 3.19. The predicted molar refractivity (Wildman–Crippen MR) is 133 cm³/mol. The number of nitrogens with one attached hydrogen (secondary N) is 1. The fraction of sp³-hybridized carbons (Fsp3) is 0.286. The van der Waals surface area contributed by atoms with Gasteiger partial charge in [-0.1, -0.05) is 24.3 Å². The first-order valence-corrected chi connectivity index (χ1v) is 11.8. The van der Waals surface area contributed by atoms with Gasteiger partial charge in [-0.15, -0.1) is 0 Å². The van der Waals surface area contributed by atoms with Crippen LogP contribution in [0.5, 0.6) is 5.75 Å². The van der Waals surface area contributed by atoms with Gasteiger partial charge in [-0.3, -0.25) is 9.36 Å². The van der Waals surface area contributed by atoms with Crippen molar-refractivity contribution in [2.75, 3.05) is 26.4 Å². The Hall–Kier alpha value is -3.64. The molecule has 1 N–H and O–H groups in total. The van der Waals surface area contributed by atoms with Crippen molar-refractivity contribution in [3.05, 3.63) is 90.3 Å². The minimum Gasteiger partial charge on any atom is -0.494 e. The third kappa shape index (κ3) is 4.41. The lowest BCUT2D eigenvalue weighted by Crippen LogP contribution is -2.44. The number of imidazole rings is 1. The summed E-state index contributed by atoms with van der Waals surface area (Å²) in [6.07, 6.45) is 3.55. The van der Waals surface area contributed by atoms with Gasteiger partial charge >= 0.3 is 0 Å². The van der Waals surface area contributed by atoms with E-state index >= 15 is 0 Å². The van der Waals surface area contributed by atoms with Crippen molar-refractivity contribution in [2.45, 2.75) is 25.2 Å². The molecule has 3 aromatic carbocycles. The van der Waals surface area contributed by atoms with Crippen molar-refractivity contribution < 1.29 is 14.3 Å². The van der Waals surface area contributed by atoms with Crippen LogP contribution >= 0.6 is 0 Å². The normalized spacial score (nSPS) is 15.2. The Balaban J connectivity index is 1.30. The molecule has 0 saturated carbocycles. The Morgan fingerprint density at radius 1 is 1.03 bits per heavy atom. The highest BCUT2D eigenvalue weighted by atomic mass is 16.5. The van der Waals surface area contributed by atoms with E-state index in [2.05, 4.69) is 22.4 Å². The second kappa shape index (κ2) is 9.69. The van der Waals surface area contributed by atoms with Crippen molar-refractivity contribution in [3.8, 4) is 11.4 Å². The molecule has 0 atom stereocenters. The van der Waals surface area contributed by atoms with Crippen LogP contribution in [0.15, 0.2) is 79.1 Å². The van der Waals surface area contributed by atoms with Gasteiger partial charge < -0.3 is 14.8 Å². The molecule has 5 rings (SSSR count). The first kappa shape index (κ1) is 22.2. The largest absolute Gasteiger partial charge is 0.494 e. The van der Waals surface area contributed by atoms with E-state index in [1.807, 2.05) is 78.5 Å². The molecule has 1 saturated heterocycles. The van der Waals surface area contributed by atoms with E-state index in [-0.39, 0.29) is 11.3 Å². The van der Waals surface area contributed by atoms with Gasteiger partial charge in [0, 0.05) is 36.4 Å². The Bertz CT molecular complexity index is 1260. The van der Waals surface area contributed by atoms with Crippen LogP contribution in [0.4, 0.5) is 0 Å². The van der Waals surface area contributed by atoms with E-state index in [0.29, 0.717) is 31.9 Å². The summed E-state index contributed by atoms with van der Waals surface area (Å²) >= 11 is 0. The molecule has 0 bridgehead atoms. The minimum atomic E-state index is -0.145. The maximum Gasteiger partial charge on any atom is 0.251 e. The highest BCUT2D eigenvalue weighted by molar-refractivity contribution is 5.94. The zero-order valence-electron chi connectivity index (χ0n) is 19.4. The number of benzene rings is 3. The first-order chi connectivity index (χ1) is 16.7. The summed E-state index contributed by atoms with van der Waals surface area (Å²) in [7, 11) is 0. The van der Waals surface area contributed by atoms with Crippen molar-refractivity contribution in [2.24, 2.45) is 0 Å². The van der Waals surface area contributed by atoms with Gasteiger partial charge in [0.2, 0.25) is 0 Å². The molecule has 0 radical (unpaired) electrons. The molecule has 6 heteroatoms. The van der Waals surface area contributed by atoms with E-state index in [1.54, 1.807) is 0 Å². The topological polar surface area (TPSA) is 65.4 Å². The Labute approximate surface area is 199 Å². The molecule has 1 fully saturated rings. The summed E-state index contributed by atoms with van der Waals surface area (Å²) in [5.41, 5.74) is 4.66. The number of nitrogens with zero attached hydrogens (tertiary/aromatic N) is 2. The van der Waals surface area contributed by atoms with Crippen molar-refractivity contribution in [1.29, 1.82) is 0 Å². The summed E-state index contributed by atoms with van der Waals surface area (Å²) in [4.78, 5) is 17.5. The lowest BCUT2D eigenvalue weighted by atomic mass is 9.74. The van der Waals surface area contributed by atoms with Crippen LogP contribution in [-0.2, 0) is 10.2 Å². The maximum absolute atomic E-state index is 13.0. The molecule has 0 aliphatic carbocycles. The third-order valence-corrected chi connectivity index (χ3v) is 6.68. The number of ether oxygens (including phenoxy) is 2. The Kier molecular flexibility index (Phi) is 6.32. The highest BCUT2D eigenvalue weighted by Crippen LogP contribution is 2.35. The van der Waals surface area contributed by atoms with Gasteiger partial charge in [0.1, 0.15) is 12.1 Å². The van der Waals surface area contributed by atoms with Gasteiger partial charge in [0.25, 0.3) is 5.91 Å². The summed E-state index contributed by atoms with van der Waals surface area (Å²) in [6.45, 7) is 4.57. The summed E-state index contributed by atoms with van der Waals surface area (Å²) < 4.78 is 13.3. The van der Waals surface area contributed by atoms with Crippen molar-refractivity contribution in [3.63, 3.8) is 0 Å². The average molecular weight is 456 g/mol. The molecule has 34 heavy (non-hydrogen) atoms. The molecule has 4 aromatic rings. The number of amides is 1. The number of rotatable bonds is 7. The molecule has 174 valence electrons. The van der Waals surface area contributed by atoms with E-state index in [4.69, 9.17) is 9.47 Å². The molecule has 1 aliphatic rings. The van der Waals surface area contributed by atoms with Gasteiger partial charge in [-0.25, -0.2) is 4.98 Å². The van der Waals surface area contributed by atoms with Crippen molar-refractivity contribution in [1.82, 2.24) is 14.9 Å². The molecule has 1 amide bonds. The smallest absolute Gasteiger partial charge is 0.251 e. The molecule has 1 aliphatic heterocycles. The number of carbonyl (C=O) groups is 1. The minimum absolute atomic E-state index is 0.0705. The van der Waals surface area contributed by atoms with Crippen LogP contribution in [-0.4, -0.2) is 41.8 Å². The average Bonchev–Trinajstić information content (AvgIpc) is 3.33. The number of carbonyl (C=O) groups excluding carboxylic acids is 1. The van der Waals surface area contributed by atoms with Crippen LogP contribution < -0.4 is 10.1 Å². The zero-order chi connectivity index (χ0) is 23.4. The quantitative estimate of drug-likeness (QED) is 0.430. The van der Waals surface area contributed by atoms with E-state index < -0.39 is 0 Å². The number of aromatic nitrogens is 2. The molecule has 0 spiro atoms. The van der Waals surface area contributed by atoms with Gasteiger partial charge in [-0.2, -0.15) is 0 Å². The lowest BCUT2D eigenvalue weighted by molar-refractivity contribution is 0.0487. The molecule has 2 heterocycles. The van der Waals surface area contributed by atoms with Crippen molar-refractivity contribution >= 4 is 16.9 Å². The van der Waals surface area contributed by atoms with Gasteiger partial charge in [0.15, 0.2) is 0 Å². The summed E-state index contributed by atoms with van der Waals surface area (Å²) in [6, 6.07) is 23.9. The fourth-order valence-electron chi connectivity index (χ4n) is 4.69. The molecule has 1 aromatic heterocycles. The fourth-order valence-corrected chi connectivity index (χ4v) is 4.69.